The Hall–Kier alpha value is -4.33. The number of carbonyl (C=O) groups excluding carboxylic acids is 2. The molecule has 1 aliphatic rings. The Morgan fingerprint density at radius 1 is 0.941 bits per heavy atom. The summed E-state index contributed by atoms with van der Waals surface area (Å²) in [6.45, 7) is 2.89. The molecule has 0 spiro atoms. The molecule has 0 unspecified atom stereocenters. The second kappa shape index (κ2) is 11.0. The molecule has 0 bridgehead atoms. The Kier molecular flexibility index (Phi) is 7.39. The number of amides is 1. The minimum atomic E-state index is -0.461. The van der Waals surface area contributed by atoms with E-state index in [1.165, 1.54) is 6.21 Å². The lowest BCUT2D eigenvalue weighted by Gasteiger charge is -2.07. The molecule has 0 aliphatic carbocycles. The molecule has 4 rings (SSSR count). The van der Waals surface area contributed by atoms with E-state index in [4.69, 9.17) is 18.9 Å². The number of benzene rings is 3. The molecule has 34 heavy (non-hydrogen) atoms. The molecule has 0 saturated heterocycles. The molecule has 0 radical (unpaired) electrons. The number of ether oxygens (including phenoxy) is 4. The zero-order chi connectivity index (χ0) is 23.8. The van der Waals surface area contributed by atoms with E-state index in [1.54, 1.807) is 66.7 Å². The van der Waals surface area contributed by atoms with Crippen LogP contribution in [0.15, 0.2) is 71.8 Å². The summed E-state index contributed by atoms with van der Waals surface area (Å²) in [5.41, 5.74) is 4.02. The third-order valence-corrected chi connectivity index (χ3v) is 4.96. The summed E-state index contributed by atoms with van der Waals surface area (Å²) in [6.07, 6.45) is 3.54. The molecule has 1 N–H and O–H groups in total. The number of nitrogens with zero attached hydrogens (tertiary/aromatic N) is 1. The van der Waals surface area contributed by atoms with Crippen molar-refractivity contribution in [2.24, 2.45) is 5.10 Å². The highest BCUT2D eigenvalue weighted by Crippen LogP contribution is 2.32. The Labute approximate surface area is 197 Å². The zero-order valence-corrected chi connectivity index (χ0v) is 18.7. The molecule has 1 amide bonds. The quantitative estimate of drug-likeness (QED) is 0.165. The van der Waals surface area contributed by atoms with Crippen molar-refractivity contribution in [1.29, 1.82) is 0 Å². The van der Waals surface area contributed by atoms with Crippen LogP contribution in [0.5, 0.6) is 23.0 Å². The van der Waals surface area contributed by atoms with E-state index in [1.807, 2.05) is 0 Å². The third-order valence-electron chi connectivity index (χ3n) is 4.96. The average Bonchev–Trinajstić information content (AvgIpc) is 3.33. The second-order valence-corrected chi connectivity index (χ2v) is 7.45. The van der Waals surface area contributed by atoms with Gasteiger partial charge in [0.1, 0.15) is 11.5 Å². The highest BCUT2D eigenvalue weighted by atomic mass is 16.7. The van der Waals surface area contributed by atoms with Crippen LogP contribution in [0.3, 0.4) is 0 Å². The molecule has 8 nitrogen and oxygen atoms in total. The number of fused-ring (bicyclic) bond motifs is 1. The van der Waals surface area contributed by atoms with Gasteiger partial charge in [-0.15, -0.1) is 0 Å². The minimum absolute atomic E-state index is 0.143. The molecule has 3 aromatic carbocycles. The summed E-state index contributed by atoms with van der Waals surface area (Å²) in [7, 11) is 0. The smallest absolute Gasteiger partial charge is 0.343 e. The fraction of sp³-hybridized carbons (Fsp3) is 0.192. The van der Waals surface area contributed by atoms with Gasteiger partial charge in [-0.05, 0) is 78.7 Å². The van der Waals surface area contributed by atoms with Crippen molar-refractivity contribution in [2.75, 3.05) is 13.4 Å². The maximum Gasteiger partial charge on any atom is 0.343 e. The lowest BCUT2D eigenvalue weighted by atomic mass is 10.2. The minimum Gasteiger partial charge on any atom is -0.494 e. The van der Waals surface area contributed by atoms with Gasteiger partial charge in [0.05, 0.1) is 18.4 Å². The lowest BCUT2D eigenvalue weighted by Crippen LogP contribution is -2.17. The van der Waals surface area contributed by atoms with Gasteiger partial charge in [0.25, 0.3) is 5.91 Å². The van der Waals surface area contributed by atoms with Crippen molar-refractivity contribution in [3.05, 3.63) is 83.4 Å². The van der Waals surface area contributed by atoms with Crippen LogP contribution < -0.4 is 24.4 Å². The summed E-state index contributed by atoms with van der Waals surface area (Å²) in [4.78, 5) is 24.6. The first-order valence-corrected chi connectivity index (χ1v) is 10.9. The van der Waals surface area contributed by atoms with Gasteiger partial charge in [-0.3, -0.25) is 4.79 Å². The maximum atomic E-state index is 12.4. The molecule has 8 heteroatoms. The standard InChI is InChI=1S/C26H24N2O6/c1-2-3-14-31-21-11-6-19(7-12-21)26(30)34-22-9-4-18(5-10-22)16-27-28-25(29)20-8-13-23-24(15-20)33-17-32-23/h4-13,15-16H,2-3,14,17H2,1H3,(H,28,29)/b27-16+. The highest BCUT2D eigenvalue weighted by molar-refractivity contribution is 5.95. The molecule has 3 aromatic rings. The van der Waals surface area contributed by atoms with Crippen molar-refractivity contribution in [2.45, 2.75) is 19.8 Å². The predicted octanol–water partition coefficient (Wildman–Crippen LogP) is 4.58. The van der Waals surface area contributed by atoms with Crippen LogP contribution in [0.2, 0.25) is 0 Å². The van der Waals surface area contributed by atoms with E-state index in [0.29, 0.717) is 35.0 Å². The molecular formula is C26H24N2O6. The van der Waals surface area contributed by atoms with Crippen LogP contribution in [0.1, 0.15) is 46.0 Å². The SMILES string of the molecule is CCCCOc1ccc(C(=O)Oc2ccc(/C=N/NC(=O)c3ccc4c(c3)OCO4)cc2)cc1. The first-order valence-electron chi connectivity index (χ1n) is 10.9. The van der Waals surface area contributed by atoms with Gasteiger partial charge in [-0.25, -0.2) is 10.2 Å². The summed E-state index contributed by atoms with van der Waals surface area (Å²) in [5, 5.41) is 3.97. The number of esters is 1. The average molecular weight is 460 g/mol. The summed E-state index contributed by atoms with van der Waals surface area (Å²) < 4.78 is 21.5. The normalized spacial score (nSPS) is 11.9. The van der Waals surface area contributed by atoms with Crippen molar-refractivity contribution < 1.29 is 28.5 Å². The highest BCUT2D eigenvalue weighted by Gasteiger charge is 2.16. The van der Waals surface area contributed by atoms with E-state index in [2.05, 4.69) is 17.5 Å². The van der Waals surface area contributed by atoms with Gasteiger partial charge in [-0.2, -0.15) is 5.10 Å². The van der Waals surface area contributed by atoms with Gasteiger partial charge in [-0.1, -0.05) is 13.3 Å². The molecule has 174 valence electrons. The topological polar surface area (TPSA) is 95.5 Å². The molecular weight excluding hydrogens is 436 g/mol. The van der Waals surface area contributed by atoms with E-state index in [-0.39, 0.29) is 12.7 Å². The van der Waals surface area contributed by atoms with Gasteiger partial charge in [0.15, 0.2) is 11.5 Å². The Bertz CT molecular complexity index is 1170. The molecule has 0 fully saturated rings. The number of unbranched alkanes of at least 4 members (excludes halogenated alkanes) is 1. The van der Waals surface area contributed by atoms with Crippen LogP contribution in [0.4, 0.5) is 0 Å². The van der Waals surface area contributed by atoms with Crippen molar-refractivity contribution in [1.82, 2.24) is 5.43 Å². The Morgan fingerprint density at radius 3 is 2.41 bits per heavy atom. The third kappa shape index (κ3) is 5.92. The largest absolute Gasteiger partial charge is 0.494 e. The molecule has 0 saturated carbocycles. The van der Waals surface area contributed by atoms with Gasteiger partial charge in [0, 0.05) is 5.56 Å². The van der Waals surface area contributed by atoms with Crippen LogP contribution >= 0.6 is 0 Å². The Morgan fingerprint density at radius 2 is 1.65 bits per heavy atom. The number of hydrogen-bond donors (Lipinski definition) is 1. The maximum absolute atomic E-state index is 12.4. The zero-order valence-electron chi connectivity index (χ0n) is 18.7. The Balaban J connectivity index is 1.27. The van der Waals surface area contributed by atoms with Crippen LogP contribution in [-0.2, 0) is 0 Å². The van der Waals surface area contributed by atoms with Crippen molar-refractivity contribution >= 4 is 18.1 Å². The number of rotatable bonds is 9. The van der Waals surface area contributed by atoms with E-state index < -0.39 is 5.97 Å². The first-order chi connectivity index (χ1) is 16.6. The lowest BCUT2D eigenvalue weighted by molar-refractivity contribution is 0.0734. The number of hydrazone groups is 1. The van der Waals surface area contributed by atoms with E-state index in [9.17, 15) is 9.59 Å². The molecule has 0 atom stereocenters. The predicted molar refractivity (Wildman–Crippen MR) is 126 cm³/mol. The summed E-state index contributed by atoms with van der Waals surface area (Å²) in [6, 6.07) is 18.5. The van der Waals surface area contributed by atoms with Crippen LogP contribution in [0.25, 0.3) is 0 Å². The van der Waals surface area contributed by atoms with Gasteiger partial charge in [0.2, 0.25) is 6.79 Å². The fourth-order valence-electron chi connectivity index (χ4n) is 3.08. The fourth-order valence-corrected chi connectivity index (χ4v) is 3.08. The van der Waals surface area contributed by atoms with Crippen LogP contribution in [-0.4, -0.2) is 31.5 Å². The van der Waals surface area contributed by atoms with Gasteiger partial charge < -0.3 is 18.9 Å². The molecule has 1 heterocycles. The number of carbonyl (C=O) groups is 2. The van der Waals surface area contributed by atoms with E-state index in [0.717, 1.165) is 24.2 Å². The summed E-state index contributed by atoms with van der Waals surface area (Å²) >= 11 is 0. The number of nitrogens with one attached hydrogen (secondary N) is 1. The summed E-state index contributed by atoms with van der Waals surface area (Å²) in [5.74, 6) is 1.42. The van der Waals surface area contributed by atoms with Crippen molar-refractivity contribution in [3.8, 4) is 23.0 Å². The van der Waals surface area contributed by atoms with E-state index >= 15 is 0 Å². The second-order valence-electron chi connectivity index (χ2n) is 7.45. The van der Waals surface area contributed by atoms with Crippen molar-refractivity contribution in [3.63, 3.8) is 0 Å². The van der Waals surface area contributed by atoms with Crippen LogP contribution in [0, 0.1) is 0 Å². The molecule has 0 aromatic heterocycles. The monoisotopic (exact) mass is 460 g/mol. The molecule has 1 aliphatic heterocycles. The van der Waals surface area contributed by atoms with Gasteiger partial charge >= 0.3 is 5.97 Å². The number of hydrogen-bond acceptors (Lipinski definition) is 7. The first kappa shape index (κ1) is 22.8.